The van der Waals surface area contributed by atoms with Gasteiger partial charge >= 0.3 is 5.97 Å². The maximum atomic E-state index is 12.5. The molecule has 0 spiro atoms. The van der Waals surface area contributed by atoms with Gasteiger partial charge in [0, 0.05) is 37.9 Å². The third-order valence-corrected chi connectivity index (χ3v) is 4.33. The van der Waals surface area contributed by atoms with Gasteiger partial charge in [-0.3, -0.25) is 9.59 Å². The third-order valence-electron chi connectivity index (χ3n) is 4.33. The highest BCUT2D eigenvalue weighted by Crippen LogP contribution is 2.16. The van der Waals surface area contributed by atoms with Gasteiger partial charge in [0.15, 0.2) is 0 Å². The van der Waals surface area contributed by atoms with Crippen LogP contribution < -0.4 is 10.2 Å². The summed E-state index contributed by atoms with van der Waals surface area (Å²) in [5.74, 6) is -0.141. The van der Waals surface area contributed by atoms with Gasteiger partial charge in [0.25, 0.3) is 5.91 Å². The van der Waals surface area contributed by atoms with Crippen LogP contribution in [0.5, 0.6) is 0 Å². The monoisotopic (exact) mass is 383 g/mol. The number of rotatable bonds is 6. The van der Waals surface area contributed by atoms with Gasteiger partial charge in [-0.05, 0) is 31.2 Å². The predicted molar refractivity (Wildman–Crippen MR) is 102 cm³/mol. The van der Waals surface area contributed by atoms with E-state index < -0.39 is 5.97 Å². The average molecular weight is 383 g/mol. The molecule has 0 bridgehead atoms. The summed E-state index contributed by atoms with van der Waals surface area (Å²) in [5, 5.41) is 2.75. The van der Waals surface area contributed by atoms with Crippen LogP contribution in [0.3, 0.4) is 0 Å². The zero-order chi connectivity index (χ0) is 19.9. The Morgan fingerprint density at radius 2 is 1.86 bits per heavy atom. The summed E-state index contributed by atoms with van der Waals surface area (Å²) in [6.45, 7) is 4.56. The van der Waals surface area contributed by atoms with Crippen LogP contribution in [0.4, 0.5) is 11.5 Å². The van der Waals surface area contributed by atoms with Crippen LogP contribution in [-0.2, 0) is 9.53 Å². The Hall–Kier alpha value is -3.49. The lowest BCUT2D eigenvalue weighted by Crippen LogP contribution is -2.46. The number of hydrogen-bond acceptors (Lipinski definition) is 7. The molecule has 1 aromatic heterocycles. The molecule has 0 atom stereocenters. The molecule has 0 aliphatic carbocycles. The Bertz CT molecular complexity index is 848. The Labute approximate surface area is 162 Å². The number of esters is 1. The van der Waals surface area contributed by atoms with Gasteiger partial charge in [-0.1, -0.05) is 0 Å². The lowest BCUT2D eigenvalue weighted by Gasteiger charge is -2.33. The summed E-state index contributed by atoms with van der Waals surface area (Å²) < 4.78 is 4.93. The van der Waals surface area contributed by atoms with Gasteiger partial charge in [0.2, 0.25) is 6.41 Å². The summed E-state index contributed by atoms with van der Waals surface area (Å²) in [6.07, 6.45) is 2.18. The number of piperazine rings is 1. The molecule has 9 heteroatoms. The number of ether oxygens (including phenoxy) is 1. The van der Waals surface area contributed by atoms with Crippen LogP contribution in [-0.4, -0.2) is 65.9 Å². The minimum atomic E-state index is -0.407. The Morgan fingerprint density at radius 3 is 2.50 bits per heavy atom. The quantitative estimate of drug-likeness (QED) is 0.590. The Morgan fingerprint density at radius 1 is 1.14 bits per heavy atom. The van der Waals surface area contributed by atoms with Crippen LogP contribution >= 0.6 is 0 Å². The average Bonchev–Trinajstić information content (AvgIpc) is 2.74. The highest BCUT2D eigenvalue weighted by molar-refractivity contribution is 6.03. The van der Waals surface area contributed by atoms with Gasteiger partial charge in [-0.15, -0.1) is 0 Å². The minimum Gasteiger partial charge on any atom is -0.462 e. The van der Waals surface area contributed by atoms with Gasteiger partial charge in [0.1, 0.15) is 17.8 Å². The van der Waals surface area contributed by atoms with E-state index >= 15 is 0 Å². The first kappa shape index (κ1) is 19.3. The molecule has 146 valence electrons. The molecular formula is C19H21N5O4. The molecule has 0 radical (unpaired) electrons. The molecule has 1 saturated heterocycles. The van der Waals surface area contributed by atoms with Crippen molar-refractivity contribution in [3.05, 3.63) is 47.9 Å². The van der Waals surface area contributed by atoms with Crippen LogP contribution in [0, 0.1) is 0 Å². The molecule has 3 rings (SSSR count). The fourth-order valence-corrected chi connectivity index (χ4v) is 2.80. The van der Waals surface area contributed by atoms with Gasteiger partial charge in [-0.2, -0.15) is 0 Å². The maximum Gasteiger partial charge on any atom is 0.338 e. The molecule has 1 aliphatic heterocycles. The smallest absolute Gasteiger partial charge is 0.338 e. The fourth-order valence-electron chi connectivity index (χ4n) is 2.80. The maximum absolute atomic E-state index is 12.5. The number of benzene rings is 1. The molecule has 28 heavy (non-hydrogen) atoms. The first-order chi connectivity index (χ1) is 13.6. The first-order valence-electron chi connectivity index (χ1n) is 8.95. The van der Waals surface area contributed by atoms with E-state index in [1.807, 2.05) is 4.90 Å². The summed E-state index contributed by atoms with van der Waals surface area (Å²) in [4.78, 5) is 47.0. The van der Waals surface area contributed by atoms with E-state index in [4.69, 9.17) is 4.74 Å². The molecule has 0 unspecified atom stereocenters. The summed E-state index contributed by atoms with van der Waals surface area (Å²) >= 11 is 0. The summed E-state index contributed by atoms with van der Waals surface area (Å²) in [5.41, 5.74) is 1.19. The van der Waals surface area contributed by atoms with Crippen molar-refractivity contribution in [3.8, 4) is 0 Å². The topological polar surface area (TPSA) is 105 Å². The minimum absolute atomic E-state index is 0.234. The third kappa shape index (κ3) is 4.61. The van der Waals surface area contributed by atoms with E-state index in [2.05, 4.69) is 15.3 Å². The lowest BCUT2D eigenvalue weighted by atomic mass is 10.2. The Balaban J connectivity index is 1.65. The van der Waals surface area contributed by atoms with Crippen molar-refractivity contribution in [2.75, 3.05) is 43.0 Å². The van der Waals surface area contributed by atoms with E-state index in [9.17, 15) is 14.4 Å². The van der Waals surface area contributed by atoms with Crippen LogP contribution in [0.1, 0.15) is 27.8 Å². The number of hydrogen-bond donors (Lipinski definition) is 1. The number of aromatic nitrogens is 2. The standard InChI is InChI=1S/C19H21N5O4/c1-2-28-19(27)14-3-5-15(6-4-14)22-18(26)16-11-17(21-12-20-16)24-9-7-23(13-25)8-10-24/h3-6,11-13H,2,7-10H2,1H3,(H,22,26). The van der Waals surface area contributed by atoms with Crippen molar-refractivity contribution in [1.29, 1.82) is 0 Å². The summed E-state index contributed by atoms with van der Waals surface area (Å²) in [7, 11) is 0. The van der Waals surface area contributed by atoms with Crippen LogP contribution in [0.2, 0.25) is 0 Å². The normalized spacial score (nSPS) is 13.8. The van der Waals surface area contributed by atoms with Gasteiger partial charge in [0.05, 0.1) is 12.2 Å². The second-order valence-corrected chi connectivity index (χ2v) is 6.14. The molecule has 2 aromatic rings. The zero-order valence-electron chi connectivity index (χ0n) is 15.5. The lowest BCUT2D eigenvalue weighted by molar-refractivity contribution is -0.118. The number of carbonyl (C=O) groups excluding carboxylic acids is 3. The molecule has 2 amide bonds. The van der Waals surface area contributed by atoms with Gasteiger partial charge in [-0.25, -0.2) is 14.8 Å². The molecular weight excluding hydrogens is 362 g/mol. The number of nitrogens with zero attached hydrogens (tertiary/aromatic N) is 4. The molecule has 2 heterocycles. The van der Waals surface area contributed by atoms with Crippen LogP contribution in [0.15, 0.2) is 36.7 Å². The number of carbonyl (C=O) groups is 3. The molecule has 1 aliphatic rings. The van der Waals surface area contributed by atoms with Crippen molar-refractivity contribution >= 4 is 29.8 Å². The number of amides is 2. The highest BCUT2D eigenvalue weighted by atomic mass is 16.5. The largest absolute Gasteiger partial charge is 0.462 e. The van der Waals surface area contributed by atoms with E-state index in [0.717, 1.165) is 6.41 Å². The molecule has 1 fully saturated rings. The second-order valence-electron chi connectivity index (χ2n) is 6.14. The second kappa shape index (κ2) is 8.94. The van der Waals surface area contributed by atoms with E-state index in [-0.39, 0.29) is 11.6 Å². The Kier molecular flexibility index (Phi) is 6.15. The van der Waals surface area contributed by atoms with Crippen molar-refractivity contribution in [2.24, 2.45) is 0 Å². The predicted octanol–water partition coefficient (Wildman–Crippen LogP) is 1.18. The van der Waals surface area contributed by atoms with E-state index in [1.165, 1.54) is 6.33 Å². The number of nitrogens with one attached hydrogen (secondary N) is 1. The van der Waals surface area contributed by atoms with Crippen molar-refractivity contribution in [2.45, 2.75) is 6.92 Å². The summed E-state index contributed by atoms with van der Waals surface area (Å²) in [6, 6.07) is 8.06. The van der Waals surface area contributed by atoms with Crippen molar-refractivity contribution in [3.63, 3.8) is 0 Å². The molecule has 1 aromatic carbocycles. The first-order valence-corrected chi connectivity index (χ1v) is 8.95. The highest BCUT2D eigenvalue weighted by Gasteiger charge is 2.18. The fraction of sp³-hybridized carbons (Fsp3) is 0.316. The van der Waals surface area contributed by atoms with Crippen LogP contribution in [0.25, 0.3) is 0 Å². The van der Waals surface area contributed by atoms with Crippen molar-refractivity contribution in [1.82, 2.24) is 14.9 Å². The molecule has 9 nitrogen and oxygen atoms in total. The molecule has 1 N–H and O–H groups in total. The van der Waals surface area contributed by atoms with E-state index in [1.54, 1.807) is 42.2 Å². The van der Waals surface area contributed by atoms with E-state index in [0.29, 0.717) is 49.9 Å². The SMILES string of the molecule is CCOC(=O)c1ccc(NC(=O)c2cc(N3CCN(C=O)CC3)ncn2)cc1. The van der Waals surface area contributed by atoms with Crippen molar-refractivity contribution < 1.29 is 19.1 Å². The van der Waals surface area contributed by atoms with Gasteiger partial charge < -0.3 is 19.9 Å². The molecule has 0 saturated carbocycles. The number of anilines is 2. The zero-order valence-corrected chi connectivity index (χ0v) is 15.5.